The molecule has 0 aromatic carbocycles. The summed E-state index contributed by atoms with van der Waals surface area (Å²) in [6.45, 7) is 0. The van der Waals surface area contributed by atoms with E-state index in [4.69, 9.17) is 17.2 Å². The third kappa shape index (κ3) is 1.14. The molecule has 0 amide bonds. The van der Waals surface area contributed by atoms with Crippen molar-refractivity contribution >= 4 is 23.8 Å². The zero-order valence-electron chi connectivity index (χ0n) is 4.61. The van der Waals surface area contributed by atoms with Gasteiger partial charge in [0.1, 0.15) is 29.8 Å². The fraction of sp³-hybridized carbons (Fsp3) is 0.333. The Labute approximate surface area is 56.7 Å². The number of hydrogen-bond donors (Lipinski definition) is 3. The van der Waals surface area contributed by atoms with Crippen molar-refractivity contribution in [3.63, 3.8) is 0 Å². The van der Waals surface area contributed by atoms with Crippen molar-refractivity contribution in [3.8, 4) is 0 Å². The minimum Gasteiger partial charge on any atom is -0.385 e. The Morgan fingerprint density at radius 3 is 2.00 bits per heavy atom. The normalized spacial score (nSPS) is 21.0. The van der Waals surface area contributed by atoms with Crippen molar-refractivity contribution in [2.75, 3.05) is 0 Å². The van der Waals surface area contributed by atoms with E-state index >= 15 is 0 Å². The Bertz CT molecular complexity index is 155. The van der Waals surface area contributed by atoms with Crippen LogP contribution in [0.15, 0.2) is 8.80 Å². The van der Waals surface area contributed by atoms with Crippen LogP contribution in [-0.4, -0.2) is 17.7 Å². The molecule has 0 atom stereocenters. The van der Waals surface area contributed by atoms with Crippen molar-refractivity contribution in [1.29, 1.82) is 0 Å². The smallest absolute Gasteiger partial charge is 0.134 e. The molecule has 50 valence electrons. The lowest BCUT2D eigenvalue weighted by molar-refractivity contribution is 1.10. The number of rotatable bonds is 0. The second-order valence-corrected chi connectivity index (χ2v) is 2.12. The topological polar surface area (TPSA) is 103 Å². The first kappa shape index (κ1) is 6.37. The van der Waals surface area contributed by atoms with Gasteiger partial charge in [-0.1, -0.05) is 0 Å². The van der Waals surface area contributed by atoms with Crippen molar-refractivity contribution < 1.29 is 0 Å². The molecule has 5 nitrogen and oxygen atoms in total. The minimum atomic E-state index is -0.494. The summed E-state index contributed by atoms with van der Waals surface area (Å²) in [5.74, 6) is 0.653. The zero-order chi connectivity index (χ0) is 6.85. The fourth-order valence-electron chi connectivity index (χ4n) is 0.380. The Kier molecular flexibility index (Phi) is 1.58. The summed E-state index contributed by atoms with van der Waals surface area (Å²) in [6.07, 6.45) is 0. The van der Waals surface area contributed by atoms with Crippen LogP contribution in [-0.2, 0) is 0 Å². The van der Waals surface area contributed by atoms with Gasteiger partial charge in [-0.15, -0.1) is 0 Å². The summed E-state index contributed by atoms with van der Waals surface area (Å²) < 4.78 is 7.36. The zero-order valence-corrected chi connectivity index (χ0v) is 5.43. The molecule has 0 bridgehead atoms. The monoisotopic (exact) mass is 145 g/mol. The number of nitrogens with two attached hydrogens (primary N) is 3. The van der Waals surface area contributed by atoms with Crippen molar-refractivity contribution in [2.45, 2.75) is 6.04 Å². The SMILES string of the molecule is NC1=NSN=C(N)C1N. The predicted molar refractivity (Wildman–Crippen MR) is 38.8 cm³/mol. The first-order valence-corrected chi connectivity index (χ1v) is 3.03. The van der Waals surface area contributed by atoms with Crippen LogP contribution in [0, 0.1) is 0 Å². The lowest BCUT2D eigenvalue weighted by Crippen LogP contribution is -2.47. The molecule has 0 fully saturated rings. The van der Waals surface area contributed by atoms with Crippen LogP contribution in [0.4, 0.5) is 0 Å². The largest absolute Gasteiger partial charge is 0.385 e. The maximum Gasteiger partial charge on any atom is 0.134 e. The van der Waals surface area contributed by atoms with Crippen LogP contribution in [0.1, 0.15) is 0 Å². The standard InChI is InChI=1S/C3H7N5S/c4-1-2(5)7-9-8-3(1)6/h1H,4H2,(H2,5,7)(H2,6,8). The molecule has 0 saturated heterocycles. The lowest BCUT2D eigenvalue weighted by Gasteiger charge is -2.11. The van der Waals surface area contributed by atoms with Gasteiger partial charge in [0.15, 0.2) is 0 Å². The van der Waals surface area contributed by atoms with Gasteiger partial charge in [0.05, 0.1) is 0 Å². The van der Waals surface area contributed by atoms with Gasteiger partial charge >= 0.3 is 0 Å². The van der Waals surface area contributed by atoms with Crippen LogP contribution < -0.4 is 17.2 Å². The molecule has 0 unspecified atom stereocenters. The number of hydrogen-bond acceptors (Lipinski definition) is 6. The second kappa shape index (κ2) is 2.24. The third-order valence-electron chi connectivity index (χ3n) is 0.930. The molecule has 0 radical (unpaired) electrons. The van der Waals surface area contributed by atoms with Gasteiger partial charge in [-0.3, -0.25) is 0 Å². The van der Waals surface area contributed by atoms with E-state index in [9.17, 15) is 0 Å². The molecule has 6 heteroatoms. The van der Waals surface area contributed by atoms with Crippen LogP contribution in [0.3, 0.4) is 0 Å². The Hall–Kier alpha value is -0.750. The van der Waals surface area contributed by atoms with Crippen LogP contribution in [0.5, 0.6) is 0 Å². The molecule has 0 aromatic heterocycles. The minimum absolute atomic E-state index is 0.326. The van der Waals surface area contributed by atoms with Crippen molar-refractivity contribution in [3.05, 3.63) is 0 Å². The van der Waals surface area contributed by atoms with E-state index in [0.717, 1.165) is 12.1 Å². The van der Waals surface area contributed by atoms with Gasteiger partial charge < -0.3 is 17.2 Å². The van der Waals surface area contributed by atoms with Crippen LogP contribution in [0.2, 0.25) is 0 Å². The summed E-state index contributed by atoms with van der Waals surface area (Å²) in [5.41, 5.74) is 16.0. The summed E-state index contributed by atoms with van der Waals surface area (Å²) in [7, 11) is 0. The predicted octanol–water partition coefficient (Wildman–Crippen LogP) is -1.40. The van der Waals surface area contributed by atoms with Gasteiger partial charge in [0.2, 0.25) is 0 Å². The maximum atomic E-state index is 5.40. The van der Waals surface area contributed by atoms with E-state index in [0.29, 0.717) is 11.7 Å². The molecule has 6 N–H and O–H groups in total. The van der Waals surface area contributed by atoms with Gasteiger partial charge in [0.25, 0.3) is 0 Å². The molecular weight excluding hydrogens is 138 g/mol. The van der Waals surface area contributed by atoms with E-state index in [-0.39, 0.29) is 0 Å². The Morgan fingerprint density at radius 1 is 1.22 bits per heavy atom. The van der Waals surface area contributed by atoms with E-state index in [1.807, 2.05) is 0 Å². The highest BCUT2D eigenvalue weighted by Crippen LogP contribution is 2.08. The van der Waals surface area contributed by atoms with E-state index in [1.165, 1.54) is 0 Å². The summed E-state index contributed by atoms with van der Waals surface area (Å²) in [5, 5.41) is 0. The second-order valence-electron chi connectivity index (χ2n) is 1.59. The van der Waals surface area contributed by atoms with Crippen molar-refractivity contribution in [1.82, 2.24) is 0 Å². The van der Waals surface area contributed by atoms with Gasteiger partial charge in [-0.2, -0.15) is 8.80 Å². The molecule has 0 spiro atoms. The summed E-state index contributed by atoms with van der Waals surface area (Å²) in [4.78, 5) is 0. The lowest BCUT2D eigenvalue weighted by atomic mass is 10.3. The molecule has 1 rings (SSSR count). The Balaban J connectivity index is 2.74. The summed E-state index contributed by atoms with van der Waals surface area (Å²) in [6, 6.07) is -0.494. The summed E-state index contributed by atoms with van der Waals surface area (Å²) >= 11 is 0.961. The highest BCUT2D eigenvalue weighted by molar-refractivity contribution is 7.97. The molecular formula is C3H7N5S. The number of nitrogens with zero attached hydrogens (tertiary/aromatic N) is 2. The van der Waals surface area contributed by atoms with Gasteiger partial charge in [0, 0.05) is 0 Å². The molecule has 0 aliphatic carbocycles. The highest BCUT2D eigenvalue weighted by atomic mass is 32.2. The van der Waals surface area contributed by atoms with Crippen LogP contribution >= 0.6 is 12.1 Å². The van der Waals surface area contributed by atoms with Crippen molar-refractivity contribution in [2.24, 2.45) is 26.0 Å². The number of amidine groups is 2. The molecule has 1 aliphatic rings. The first-order chi connectivity index (χ1) is 4.22. The quantitative estimate of drug-likeness (QED) is 0.365. The van der Waals surface area contributed by atoms with E-state index in [2.05, 4.69) is 8.80 Å². The molecule has 9 heavy (non-hydrogen) atoms. The molecule has 1 aliphatic heterocycles. The maximum absolute atomic E-state index is 5.40. The molecule has 0 saturated carbocycles. The van der Waals surface area contributed by atoms with Gasteiger partial charge in [-0.05, 0) is 0 Å². The van der Waals surface area contributed by atoms with E-state index < -0.39 is 6.04 Å². The van der Waals surface area contributed by atoms with E-state index in [1.54, 1.807) is 0 Å². The van der Waals surface area contributed by atoms with Crippen LogP contribution in [0.25, 0.3) is 0 Å². The average Bonchev–Trinajstić information content (AvgIpc) is 1.83. The fourth-order valence-corrected chi connectivity index (χ4v) is 0.836. The Morgan fingerprint density at radius 2 is 1.67 bits per heavy atom. The molecule has 1 heterocycles. The third-order valence-corrected chi connectivity index (χ3v) is 1.51. The highest BCUT2D eigenvalue weighted by Gasteiger charge is 2.15. The van der Waals surface area contributed by atoms with Gasteiger partial charge in [-0.25, -0.2) is 0 Å². The molecule has 0 aromatic rings. The average molecular weight is 145 g/mol. The first-order valence-electron chi connectivity index (χ1n) is 2.30.